The molecule has 0 N–H and O–H groups in total. The summed E-state index contributed by atoms with van der Waals surface area (Å²) in [5.74, 6) is 10.7. The quantitative estimate of drug-likeness (QED) is 0.0328. The molecule has 0 saturated heterocycles. The van der Waals surface area contributed by atoms with E-state index in [2.05, 4.69) is 83.0 Å². The van der Waals surface area contributed by atoms with Gasteiger partial charge in [-0.05, 0) is 72.1 Å². The van der Waals surface area contributed by atoms with E-state index in [-0.39, 0.29) is 0 Å². The maximum Gasteiger partial charge on any atom is 0.0237 e. The molecular weight excluding hydrogens is 638 g/mol. The molecule has 1 aliphatic rings. The average molecular weight is 695 g/mol. The molecule has 2 heteroatoms. The minimum absolute atomic E-state index is 0.645. The smallest absolute Gasteiger partial charge is 0.0237 e. The maximum absolute atomic E-state index is 3.87. The van der Waals surface area contributed by atoms with Crippen LogP contribution in [0.15, 0.2) is 12.2 Å². The third kappa shape index (κ3) is 15.8. The Bertz CT molecular complexity index is 529. The summed E-state index contributed by atoms with van der Waals surface area (Å²) in [4.78, 5) is 0. The zero-order chi connectivity index (χ0) is 24.7. The van der Waals surface area contributed by atoms with Crippen LogP contribution >= 0.6 is 45.2 Å². The Kier molecular flexibility index (Phi) is 23.3. The van der Waals surface area contributed by atoms with Crippen LogP contribution in [0.4, 0.5) is 0 Å². The van der Waals surface area contributed by atoms with Gasteiger partial charge in [0.15, 0.2) is 0 Å². The molecule has 0 bridgehead atoms. The Hall–Kier alpha value is 0.760. The van der Waals surface area contributed by atoms with Crippen molar-refractivity contribution in [1.82, 2.24) is 0 Å². The van der Waals surface area contributed by atoms with Crippen LogP contribution in [0.5, 0.6) is 0 Å². The van der Waals surface area contributed by atoms with Crippen molar-refractivity contribution >= 4 is 45.2 Å². The highest BCUT2D eigenvalue weighted by molar-refractivity contribution is 14.1. The Balaban J connectivity index is 2.83. The lowest BCUT2D eigenvalue weighted by atomic mass is 9.66. The fourth-order valence-electron chi connectivity index (χ4n) is 5.67. The van der Waals surface area contributed by atoms with Gasteiger partial charge in [0.25, 0.3) is 0 Å². The molecule has 0 radical (unpaired) electrons. The summed E-state index contributed by atoms with van der Waals surface area (Å²) in [5.41, 5.74) is 0. The minimum atomic E-state index is 0.645. The van der Waals surface area contributed by atoms with Gasteiger partial charge in [0, 0.05) is 11.8 Å². The number of hydrogen-bond donors (Lipinski definition) is 0. The lowest BCUT2D eigenvalue weighted by Gasteiger charge is -2.38. The molecule has 1 aliphatic carbocycles. The van der Waals surface area contributed by atoms with Crippen molar-refractivity contribution in [1.29, 1.82) is 0 Å². The van der Waals surface area contributed by atoms with Crippen LogP contribution in [0.2, 0.25) is 0 Å². The number of allylic oxidation sites excluding steroid dienone is 2. The lowest BCUT2D eigenvalue weighted by Crippen LogP contribution is -2.32. The maximum atomic E-state index is 3.87. The zero-order valence-corrected chi connectivity index (χ0v) is 27.1. The van der Waals surface area contributed by atoms with E-state index in [1.165, 1.54) is 137 Å². The van der Waals surface area contributed by atoms with Crippen molar-refractivity contribution in [2.45, 2.75) is 142 Å². The molecule has 0 nitrogen and oxygen atoms in total. The number of hydrogen-bond acceptors (Lipinski definition) is 0. The van der Waals surface area contributed by atoms with Crippen molar-refractivity contribution in [3.05, 3.63) is 12.2 Å². The van der Waals surface area contributed by atoms with Gasteiger partial charge in [-0.1, -0.05) is 160 Å². The molecule has 0 aliphatic heterocycles. The third-order valence-corrected chi connectivity index (χ3v) is 9.30. The number of halogens is 2. The first-order chi connectivity index (χ1) is 16.8. The van der Waals surface area contributed by atoms with E-state index in [9.17, 15) is 0 Å². The fraction of sp³-hybridized carbons (Fsp3) is 0.875. The highest BCUT2D eigenvalue weighted by Gasteiger charge is 2.34. The molecule has 0 aromatic heterocycles. The monoisotopic (exact) mass is 694 g/mol. The van der Waals surface area contributed by atoms with E-state index >= 15 is 0 Å². The Morgan fingerprint density at radius 2 is 1.03 bits per heavy atom. The summed E-state index contributed by atoms with van der Waals surface area (Å²) < 4.78 is 2.63. The first-order valence-corrected chi connectivity index (χ1v) is 18.1. The lowest BCUT2D eigenvalue weighted by molar-refractivity contribution is 0.174. The summed E-state index contributed by atoms with van der Waals surface area (Å²) in [7, 11) is 0. The molecule has 0 spiro atoms. The SMILES string of the molecule is CCCCC/C=C/CC1C(CCCCCC)C#C[C@@H](CCCCCCI)C1CCCCCCI. The molecule has 1 rings (SSSR count). The summed E-state index contributed by atoms with van der Waals surface area (Å²) in [6, 6.07) is 0. The third-order valence-electron chi connectivity index (χ3n) is 7.78. The normalized spacial score (nSPS) is 22.2. The van der Waals surface area contributed by atoms with Gasteiger partial charge in [-0.25, -0.2) is 0 Å². The van der Waals surface area contributed by atoms with Gasteiger partial charge in [-0.15, -0.1) is 0 Å². The second kappa shape index (κ2) is 24.1. The van der Waals surface area contributed by atoms with Gasteiger partial charge < -0.3 is 0 Å². The first-order valence-electron chi connectivity index (χ1n) is 15.1. The largest absolute Gasteiger partial charge is 0.0993 e. The Labute approximate surface area is 242 Å². The highest BCUT2D eigenvalue weighted by atomic mass is 127. The van der Waals surface area contributed by atoms with Gasteiger partial charge in [-0.2, -0.15) is 0 Å². The molecule has 3 unspecified atom stereocenters. The molecule has 0 aromatic carbocycles. The Morgan fingerprint density at radius 3 is 1.62 bits per heavy atom. The van der Waals surface area contributed by atoms with Crippen LogP contribution in [0.25, 0.3) is 0 Å². The van der Waals surface area contributed by atoms with Crippen LogP contribution in [-0.4, -0.2) is 8.86 Å². The van der Waals surface area contributed by atoms with Crippen LogP contribution in [-0.2, 0) is 0 Å². The summed E-state index contributed by atoms with van der Waals surface area (Å²) in [6.45, 7) is 4.63. The van der Waals surface area contributed by atoms with E-state index in [1.54, 1.807) is 0 Å². The predicted molar refractivity (Wildman–Crippen MR) is 172 cm³/mol. The van der Waals surface area contributed by atoms with Crippen LogP contribution in [0, 0.1) is 35.5 Å². The predicted octanol–water partition coefficient (Wildman–Crippen LogP) is 11.7. The van der Waals surface area contributed by atoms with E-state index in [1.807, 2.05) is 0 Å². The average Bonchev–Trinajstić information content (AvgIpc) is 2.85. The molecule has 0 amide bonds. The van der Waals surface area contributed by atoms with Gasteiger partial charge in [0.1, 0.15) is 0 Å². The van der Waals surface area contributed by atoms with E-state index < -0.39 is 0 Å². The second-order valence-corrected chi connectivity index (χ2v) is 12.8. The zero-order valence-electron chi connectivity index (χ0n) is 22.8. The van der Waals surface area contributed by atoms with E-state index in [0.29, 0.717) is 11.8 Å². The Morgan fingerprint density at radius 1 is 0.529 bits per heavy atom. The highest BCUT2D eigenvalue weighted by Crippen LogP contribution is 2.41. The first kappa shape index (κ1) is 32.8. The van der Waals surface area contributed by atoms with Crippen molar-refractivity contribution in [2.24, 2.45) is 23.7 Å². The van der Waals surface area contributed by atoms with Gasteiger partial charge in [0.05, 0.1) is 0 Å². The van der Waals surface area contributed by atoms with E-state index in [0.717, 1.165) is 11.8 Å². The van der Waals surface area contributed by atoms with Crippen molar-refractivity contribution < 1.29 is 0 Å². The molecule has 0 heterocycles. The van der Waals surface area contributed by atoms with Crippen LogP contribution < -0.4 is 0 Å². The molecule has 0 saturated carbocycles. The van der Waals surface area contributed by atoms with Gasteiger partial charge >= 0.3 is 0 Å². The number of rotatable bonds is 23. The van der Waals surface area contributed by atoms with E-state index in [4.69, 9.17) is 0 Å². The van der Waals surface area contributed by atoms with Gasteiger partial charge in [0.2, 0.25) is 0 Å². The van der Waals surface area contributed by atoms with Gasteiger partial charge in [-0.3, -0.25) is 0 Å². The molecular formula is C32H56I2. The molecule has 4 atom stereocenters. The summed E-state index contributed by atoms with van der Waals surface area (Å²) >= 11 is 5.06. The summed E-state index contributed by atoms with van der Waals surface area (Å²) in [5, 5.41) is 0. The number of unbranched alkanes of at least 4 members (excludes halogenated alkanes) is 12. The van der Waals surface area contributed by atoms with Crippen molar-refractivity contribution in [3.8, 4) is 11.8 Å². The van der Waals surface area contributed by atoms with Crippen molar-refractivity contribution in [3.63, 3.8) is 0 Å². The van der Waals surface area contributed by atoms with Crippen LogP contribution in [0.3, 0.4) is 0 Å². The standard InChI is InChI=1S/C32H56I2/c1-3-5-7-9-10-17-23-31-29(21-15-8-6-4-2)25-26-30(22-16-11-13-19-27-33)32(31)24-18-12-14-20-28-34/h10,17,29-32H,3-9,11-16,18-24,27-28H2,1-2H3/b17-10+/t29?,30-,31?,32?/m1/s1. The minimum Gasteiger partial charge on any atom is -0.0993 e. The fourth-order valence-corrected chi connectivity index (χ4v) is 6.75. The van der Waals surface area contributed by atoms with Crippen molar-refractivity contribution in [2.75, 3.05) is 8.86 Å². The molecule has 0 fully saturated rings. The summed E-state index contributed by atoms with van der Waals surface area (Å²) in [6.07, 6.45) is 32.6. The topological polar surface area (TPSA) is 0 Å². The second-order valence-electron chi connectivity index (χ2n) is 10.7. The molecule has 34 heavy (non-hydrogen) atoms. The molecule has 0 aromatic rings. The molecule has 198 valence electrons. The number of alkyl halides is 2. The van der Waals surface area contributed by atoms with Crippen LogP contribution in [0.1, 0.15) is 142 Å².